The highest BCUT2D eigenvalue weighted by molar-refractivity contribution is 5.87. The molecule has 4 N–H and O–H groups in total. The van der Waals surface area contributed by atoms with Gasteiger partial charge in [-0.3, -0.25) is 4.79 Å². The molecule has 1 aromatic carbocycles. The smallest absolute Gasteiger partial charge is 0.326 e. The molecule has 4 rings (SSSR count). The molecule has 1 saturated heterocycles. The molecule has 0 bridgehead atoms. The number of carbonyl (C=O) groups excluding carboxylic acids is 1. The molecule has 0 aromatic heterocycles. The van der Waals surface area contributed by atoms with Crippen LogP contribution in [0.15, 0.2) is 12.1 Å². The third-order valence-corrected chi connectivity index (χ3v) is 4.99. The van der Waals surface area contributed by atoms with Crippen LogP contribution in [0, 0.1) is 0 Å². The number of aliphatic carboxylic acids is 1. The third kappa shape index (κ3) is 3.38. The maximum Gasteiger partial charge on any atom is 0.326 e. The van der Waals surface area contributed by atoms with Crippen LogP contribution >= 0.6 is 0 Å². The SMILES string of the molecule is NCC[C@@H]1CCc2ccc3c(c21)CCO3.O=C1CC[C@H](C(=O)O)N1. The van der Waals surface area contributed by atoms with Crippen molar-refractivity contribution < 1.29 is 19.4 Å². The van der Waals surface area contributed by atoms with E-state index < -0.39 is 12.0 Å². The minimum atomic E-state index is -0.944. The first-order valence-corrected chi connectivity index (χ1v) is 8.60. The standard InChI is InChI=1S/C13H17NO.C5H7NO3/c14-7-5-10-2-1-9-3-4-12-11(13(9)10)6-8-15-12;7-4-2-1-3(6-4)5(8)9/h3-4,10H,1-2,5-8,14H2;3H,1-2H2,(H,6,7)(H,8,9)/t10-;3-/m01/s1. The van der Waals surface area contributed by atoms with Crippen LogP contribution in [-0.4, -0.2) is 36.2 Å². The molecule has 2 atom stereocenters. The number of carboxylic acids is 1. The fraction of sp³-hybridized carbons (Fsp3) is 0.556. The van der Waals surface area contributed by atoms with Crippen LogP contribution in [0.4, 0.5) is 0 Å². The van der Waals surface area contributed by atoms with Gasteiger partial charge in [0.15, 0.2) is 0 Å². The molecule has 1 aromatic rings. The average molecular weight is 332 g/mol. The second-order valence-electron chi connectivity index (χ2n) is 6.52. The van der Waals surface area contributed by atoms with Gasteiger partial charge in [-0.15, -0.1) is 0 Å². The fourth-order valence-corrected chi connectivity index (χ4v) is 3.84. The Kier molecular flexibility index (Phi) is 5.04. The summed E-state index contributed by atoms with van der Waals surface area (Å²) < 4.78 is 5.62. The van der Waals surface area contributed by atoms with Crippen molar-refractivity contribution >= 4 is 11.9 Å². The number of fused-ring (bicyclic) bond motifs is 3. The molecule has 6 heteroatoms. The van der Waals surface area contributed by atoms with E-state index in [-0.39, 0.29) is 5.91 Å². The highest BCUT2D eigenvalue weighted by Gasteiger charge is 2.28. The molecule has 1 aliphatic carbocycles. The summed E-state index contributed by atoms with van der Waals surface area (Å²) in [5.41, 5.74) is 10.3. The van der Waals surface area contributed by atoms with E-state index in [9.17, 15) is 9.59 Å². The molecule has 0 spiro atoms. The summed E-state index contributed by atoms with van der Waals surface area (Å²) in [6.07, 6.45) is 5.50. The number of rotatable bonds is 3. The van der Waals surface area contributed by atoms with Crippen LogP contribution in [0.3, 0.4) is 0 Å². The monoisotopic (exact) mass is 332 g/mol. The second-order valence-corrected chi connectivity index (χ2v) is 6.52. The van der Waals surface area contributed by atoms with Gasteiger partial charge in [0.2, 0.25) is 5.91 Å². The minimum Gasteiger partial charge on any atom is -0.493 e. The van der Waals surface area contributed by atoms with Gasteiger partial charge < -0.3 is 20.9 Å². The van der Waals surface area contributed by atoms with Crippen LogP contribution in [0.1, 0.15) is 48.3 Å². The van der Waals surface area contributed by atoms with Crippen molar-refractivity contribution in [2.24, 2.45) is 5.73 Å². The van der Waals surface area contributed by atoms with E-state index in [0.717, 1.165) is 31.7 Å². The number of carbonyl (C=O) groups is 2. The predicted molar refractivity (Wildman–Crippen MR) is 89.2 cm³/mol. The lowest BCUT2D eigenvalue weighted by Gasteiger charge is -2.13. The van der Waals surface area contributed by atoms with Crippen LogP contribution in [0.5, 0.6) is 5.75 Å². The number of carboxylic acid groups (broad SMARTS) is 1. The lowest BCUT2D eigenvalue weighted by atomic mass is 9.92. The Morgan fingerprint density at radius 1 is 1.29 bits per heavy atom. The van der Waals surface area contributed by atoms with Gasteiger partial charge in [-0.2, -0.15) is 0 Å². The molecule has 0 saturated carbocycles. The first-order chi connectivity index (χ1) is 11.6. The Hall–Kier alpha value is -2.08. The van der Waals surface area contributed by atoms with Gasteiger partial charge in [-0.1, -0.05) is 6.07 Å². The highest BCUT2D eigenvalue weighted by atomic mass is 16.5. The van der Waals surface area contributed by atoms with E-state index in [2.05, 4.69) is 17.4 Å². The molecule has 6 nitrogen and oxygen atoms in total. The maximum absolute atomic E-state index is 10.4. The van der Waals surface area contributed by atoms with Gasteiger partial charge in [0.1, 0.15) is 11.8 Å². The summed E-state index contributed by atoms with van der Waals surface area (Å²) in [4.78, 5) is 20.5. The van der Waals surface area contributed by atoms with Gasteiger partial charge >= 0.3 is 5.97 Å². The van der Waals surface area contributed by atoms with E-state index in [1.165, 1.54) is 24.0 Å². The Balaban J connectivity index is 0.000000162. The molecule has 0 radical (unpaired) electrons. The van der Waals surface area contributed by atoms with Crippen molar-refractivity contribution in [3.63, 3.8) is 0 Å². The number of aryl methyl sites for hydroxylation is 1. The number of amides is 1. The molecule has 1 amide bonds. The summed E-state index contributed by atoms with van der Waals surface area (Å²) in [6, 6.07) is 3.75. The first-order valence-electron chi connectivity index (χ1n) is 8.60. The second kappa shape index (κ2) is 7.21. The Morgan fingerprint density at radius 2 is 2.12 bits per heavy atom. The summed E-state index contributed by atoms with van der Waals surface area (Å²) in [5.74, 6) is 0.711. The van der Waals surface area contributed by atoms with Gasteiger partial charge in [0.05, 0.1) is 6.61 Å². The molecule has 1 fully saturated rings. The van der Waals surface area contributed by atoms with Crippen molar-refractivity contribution in [2.75, 3.05) is 13.2 Å². The zero-order chi connectivity index (χ0) is 17.1. The summed E-state index contributed by atoms with van der Waals surface area (Å²) in [5, 5.41) is 10.6. The molecule has 2 aliphatic heterocycles. The van der Waals surface area contributed by atoms with Crippen LogP contribution < -0.4 is 15.8 Å². The number of hydrogen-bond donors (Lipinski definition) is 3. The van der Waals surface area contributed by atoms with Gasteiger partial charge in [-0.25, -0.2) is 4.79 Å². The highest BCUT2D eigenvalue weighted by Crippen LogP contribution is 2.42. The number of ether oxygens (including phenoxy) is 1. The van der Waals surface area contributed by atoms with E-state index in [1.807, 2.05) is 0 Å². The summed E-state index contributed by atoms with van der Waals surface area (Å²) in [7, 11) is 0. The largest absolute Gasteiger partial charge is 0.493 e. The minimum absolute atomic E-state index is 0.164. The van der Waals surface area contributed by atoms with E-state index in [0.29, 0.717) is 18.8 Å². The van der Waals surface area contributed by atoms with Crippen molar-refractivity contribution in [2.45, 2.75) is 50.5 Å². The zero-order valence-corrected chi connectivity index (χ0v) is 13.7. The van der Waals surface area contributed by atoms with Crippen molar-refractivity contribution in [3.8, 4) is 5.75 Å². The van der Waals surface area contributed by atoms with Gasteiger partial charge in [0, 0.05) is 18.4 Å². The normalized spacial score (nSPS) is 23.6. The average Bonchev–Trinajstić information content (AvgIpc) is 3.26. The first kappa shape index (κ1) is 16.8. The lowest BCUT2D eigenvalue weighted by molar-refractivity contribution is -0.140. The number of nitrogens with two attached hydrogens (primary N) is 1. The Bertz CT molecular complexity index is 642. The molecule has 0 unspecified atom stereocenters. The van der Waals surface area contributed by atoms with Crippen LogP contribution in [0.25, 0.3) is 0 Å². The molecule has 3 aliphatic rings. The molecular weight excluding hydrogens is 308 g/mol. The Morgan fingerprint density at radius 3 is 2.75 bits per heavy atom. The lowest BCUT2D eigenvalue weighted by Crippen LogP contribution is -2.32. The summed E-state index contributed by atoms with van der Waals surface area (Å²) in [6.45, 7) is 1.66. The Labute approximate surface area is 141 Å². The zero-order valence-electron chi connectivity index (χ0n) is 13.7. The van der Waals surface area contributed by atoms with E-state index in [1.54, 1.807) is 5.56 Å². The molecule has 2 heterocycles. The third-order valence-electron chi connectivity index (χ3n) is 4.99. The quantitative estimate of drug-likeness (QED) is 0.775. The molecule has 24 heavy (non-hydrogen) atoms. The van der Waals surface area contributed by atoms with Crippen molar-refractivity contribution in [1.82, 2.24) is 5.32 Å². The number of nitrogens with one attached hydrogen (secondary N) is 1. The van der Waals surface area contributed by atoms with E-state index in [4.69, 9.17) is 15.6 Å². The molecule has 130 valence electrons. The van der Waals surface area contributed by atoms with Crippen LogP contribution in [-0.2, 0) is 22.4 Å². The number of hydrogen-bond acceptors (Lipinski definition) is 4. The maximum atomic E-state index is 10.4. The summed E-state index contributed by atoms with van der Waals surface area (Å²) >= 11 is 0. The van der Waals surface area contributed by atoms with Crippen LogP contribution in [0.2, 0.25) is 0 Å². The number of benzene rings is 1. The fourth-order valence-electron chi connectivity index (χ4n) is 3.84. The van der Waals surface area contributed by atoms with Gasteiger partial charge in [0.25, 0.3) is 0 Å². The topological polar surface area (TPSA) is 102 Å². The van der Waals surface area contributed by atoms with E-state index >= 15 is 0 Å². The predicted octanol–water partition coefficient (Wildman–Crippen LogP) is 1.35. The molecular formula is C18H24N2O4. The van der Waals surface area contributed by atoms with Crippen molar-refractivity contribution in [3.05, 3.63) is 28.8 Å². The van der Waals surface area contributed by atoms with Crippen molar-refractivity contribution in [1.29, 1.82) is 0 Å². The van der Waals surface area contributed by atoms with Gasteiger partial charge in [-0.05, 0) is 55.3 Å².